The number of nitrogens with one attached hydrogen (secondary N) is 1. The number of nitrogens with zero attached hydrogens (tertiary/aromatic N) is 2. The van der Waals surface area contributed by atoms with E-state index in [9.17, 15) is 31.5 Å². The molecule has 0 radical (unpaired) electrons. The molecule has 2 aliphatic rings. The van der Waals surface area contributed by atoms with E-state index in [2.05, 4.69) is 10.3 Å². The molecule has 0 spiro atoms. The van der Waals surface area contributed by atoms with E-state index in [4.69, 9.17) is 0 Å². The molecule has 5 nitrogen and oxygen atoms in total. The van der Waals surface area contributed by atoms with Crippen LogP contribution in [0.1, 0.15) is 50.5 Å². The van der Waals surface area contributed by atoms with Gasteiger partial charge in [0.2, 0.25) is 17.7 Å². The second-order valence-corrected chi connectivity index (χ2v) is 7.59. The summed E-state index contributed by atoms with van der Waals surface area (Å²) in [6.07, 6.45) is -2.61. The monoisotopic (exact) mass is 419 g/mol. The van der Waals surface area contributed by atoms with E-state index in [1.807, 2.05) is 0 Å². The molecule has 1 saturated heterocycles. The lowest BCUT2D eigenvalue weighted by molar-refractivity contribution is -0.147. The first-order valence-corrected chi connectivity index (χ1v) is 9.59. The maximum atomic E-state index is 13.4. The van der Waals surface area contributed by atoms with Crippen molar-refractivity contribution < 1.29 is 31.5 Å². The highest BCUT2D eigenvalue weighted by Gasteiger charge is 2.41. The fourth-order valence-electron chi connectivity index (χ4n) is 3.83. The van der Waals surface area contributed by atoms with Gasteiger partial charge in [-0.3, -0.25) is 9.59 Å². The number of carbonyl (C=O) groups excluding carboxylic acids is 2. The van der Waals surface area contributed by atoms with Gasteiger partial charge in [0, 0.05) is 31.5 Å². The Hall–Kier alpha value is -2.26. The molecule has 0 bridgehead atoms. The first-order valence-electron chi connectivity index (χ1n) is 9.59. The molecule has 160 valence electrons. The van der Waals surface area contributed by atoms with Crippen LogP contribution in [0.5, 0.6) is 0 Å². The summed E-state index contributed by atoms with van der Waals surface area (Å²) in [5, 5.41) is 2.46. The van der Waals surface area contributed by atoms with Crippen molar-refractivity contribution in [2.24, 2.45) is 5.92 Å². The summed E-state index contributed by atoms with van der Waals surface area (Å²) < 4.78 is 64.6. The maximum Gasteiger partial charge on any atom is 0.417 e. The number of piperidine rings is 1. The number of anilines is 1. The third kappa shape index (κ3) is 5.22. The molecule has 29 heavy (non-hydrogen) atoms. The number of pyridine rings is 1. The summed E-state index contributed by atoms with van der Waals surface area (Å²) in [5.74, 6) is -4.17. The van der Waals surface area contributed by atoms with Crippen LogP contribution in [0.15, 0.2) is 18.3 Å². The number of carbonyl (C=O) groups is 2. The Labute approximate surface area is 164 Å². The minimum Gasteiger partial charge on any atom is -0.330 e. The SMILES string of the molecule is O=C(Nc1ccc(C(F)(F)F)cn1)C1CCCCN1C(=O)C1CCC(F)(F)CC1. The molecule has 10 heteroatoms. The van der Waals surface area contributed by atoms with Crippen molar-refractivity contribution in [3.63, 3.8) is 0 Å². The van der Waals surface area contributed by atoms with Crippen LogP contribution in [-0.4, -0.2) is 40.2 Å². The van der Waals surface area contributed by atoms with E-state index >= 15 is 0 Å². The first kappa shape index (κ1) is 21.4. The van der Waals surface area contributed by atoms with Gasteiger partial charge in [-0.05, 0) is 44.2 Å². The molecule has 3 rings (SSSR count). The van der Waals surface area contributed by atoms with E-state index in [-0.39, 0.29) is 37.4 Å². The maximum absolute atomic E-state index is 13.4. The van der Waals surface area contributed by atoms with Crippen LogP contribution in [0.3, 0.4) is 0 Å². The molecule has 1 aliphatic carbocycles. The van der Waals surface area contributed by atoms with Gasteiger partial charge in [-0.2, -0.15) is 13.2 Å². The Balaban J connectivity index is 1.66. The Morgan fingerprint density at radius 2 is 1.79 bits per heavy atom. The lowest BCUT2D eigenvalue weighted by Gasteiger charge is -2.38. The van der Waals surface area contributed by atoms with Crippen molar-refractivity contribution in [1.82, 2.24) is 9.88 Å². The average molecular weight is 419 g/mol. The van der Waals surface area contributed by atoms with Gasteiger partial charge < -0.3 is 10.2 Å². The number of alkyl halides is 5. The van der Waals surface area contributed by atoms with E-state index in [1.54, 1.807) is 0 Å². The van der Waals surface area contributed by atoms with Crippen molar-refractivity contribution in [1.29, 1.82) is 0 Å². The Morgan fingerprint density at radius 3 is 2.38 bits per heavy atom. The summed E-state index contributed by atoms with van der Waals surface area (Å²) in [4.78, 5) is 30.6. The number of amides is 2. The number of hydrogen-bond acceptors (Lipinski definition) is 3. The van der Waals surface area contributed by atoms with E-state index in [0.29, 0.717) is 32.0 Å². The lowest BCUT2D eigenvalue weighted by Crippen LogP contribution is -2.52. The molecule has 2 fully saturated rings. The second-order valence-electron chi connectivity index (χ2n) is 7.59. The van der Waals surface area contributed by atoms with Crippen LogP contribution in [0.2, 0.25) is 0 Å². The highest BCUT2D eigenvalue weighted by Crippen LogP contribution is 2.37. The zero-order chi connectivity index (χ0) is 21.2. The van der Waals surface area contributed by atoms with Crippen molar-refractivity contribution in [3.05, 3.63) is 23.9 Å². The van der Waals surface area contributed by atoms with Crippen molar-refractivity contribution in [3.8, 4) is 0 Å². The Morgan fingerprint density at radius 1 is 1.10 bits per heavy atom. The number of hydrogen-bond donors (Lipinski definition) is 1. The fraction of sp³-hybridized carbons (Fsp3) is 0.632. The van der Waals surface area contributed by atoms with Gasteiger partial charge in [0.1, 0.15) is 11.9 Å². The van der Waals surface area contributed by atoms with Crippen LogP contribution in [0.25, 0.3) is 0 Å². The first-order chi connectivity index (χ1) is 13.6. The molecule has 1 atom stereocenters. The minimum absolute atomic E-state index is 0.0433. The molecular weight excluding hydrogens is 397 g/mol. The van der Waals surface area contributed by atoms with Gasteiger partial charge in [0.25, 0.3) is 0 Å². The number of rotatable bonds is 3. The smallest absolute Gasteiger partial charge is 0.330 e. The second kappa shape index (κ2) is 8.23. The van der Waals surface area contributed by atoms with Gasteiger partial charge in [-0.25, -0.2) is 13.8 Å². The molecule has 1 saturated carbocycles. The minimum atomic E-state index is -4.53. The van der Waals surface area contributed by atoms with Gasteiger partial charge in [-0.1, -0.05) is 0 Å². The molecule has 1 aliphatic heterocycles. The van der Waals surface area contributed by atoms with Gasteiger partial charge in [0.15, 0.2) is 0 Å². The molecule has 1 aromatic rings. The quantitative estimate of drug-likeness (QED) is 0.746. The fourth-order valence-corrected chi connectivity index (χ4v) is 3.83. The van der Waals surface area contributed by atoms with Crippen LogP contribution in [-0.2, 0) is 15.8 Å². The number of likely N-dealkylation sites (tertiary alicyclic amines) is 1. The third-order valence-corrected chi connectivity index (χ3v) is 5.50. The van der Waals surface area contributed by atoms with Gasteiger partial charge in [-0.15, -0.1) is 0 Å². The predicted molar refractivity (Wildman–Crippen MR) is 94.1 cm³/mol. The summed E-state index contributed by atoms with van der Waals surface area (Å²) in [6.45, 7) is 0.351. The predicted octanol–water partition coefficient (Wildman–Crippen LogP) is 4.25. The number of aromatic nitrogens is 1. The average Bonchev–Trinajstić information content (AvgIpc) is 2.67. The van der Waals surface area contributed by atoms with Crippen molar-refractivity contribution in [2.45, 2.75) is 63.1 Å². The molecule has 1 N–H and O–H groups in total. The highest BCUT2D eigenvalue weighted by atomic mass is 19.4. The summed E-state index contributed by atoms with van der Waals surface area (Å²) in [5.41, 5.74) is -0.931. The summed E-state index contributed by atoms with van der Waals surface area (Å²) in [6, 6.07) is 1.08. The normalized spacial score (nSPS) is 22.9. The largest absolute Gasteiger partial charge is 0.417 e. The Bertz CT molecular complexity index is 741. The zero-order valence-electron chi connectivity index (χ0n) is 15.6. The van der Waals surface area contributed by atoms with Gasteiger partial charge in [0.05, 0.1) is 5.56 Å². The summed E-state index contributed by atoms with van der Waals surface area (Å²) in [7, 11) is 0. The topological polar surface area (TPSA) is 62.3 Å². The van der Waals surface area contributed by atoms with Gasteiger partial charge >= 0.3 is 6.18 Å². The molecule has 1 aromatic heterocycles. The van der Waals surface area contributed by atoms with E-state index in [0.717, 1.165) is 12.1 Å². The molecule has 0 aromatic carbocycles. The number of halogens is 5. The van der Waals surface area contributed by atoms with E-state index in [1.165, 1.54) is 4.90 Å². The zero-order valence-corrected chi connectivity index (χ0v) is 15.6. The summed E-state index contributed by atoms with van der Waals surface area (Å²) >= 11 is 0. The Kier molecular flexibility index (Phi) is 6.09. The standard InChI is InChI=1S/C19H22F5N3O2/c20-18(21)8-6-12(7-9-18)17(29)27-10-2-1-3-14(27)16(28)26-15-5-4-13(11-25-15)19(22,23)24/h4-5,11-12,14H,1-3,6-10H2,(H,25,26,28). The van der Waals surface area contributed by atoms with E-state index < -0.39 is 35.5 Å². The highest BCUT2D eigenvalue weighted by molar-refractivity contribution is 5.97. The molecule has 1 unspecified atom stereocenters. The van der Waals surface area contributed by atoms with Crippen LogP contribution >= 0.6 is 0 Å². The van der Waals surface area contributed by atoms with Crippen LogP contribution < -0.4 is 5.32 Å². The third-order valence-electron chi connectivity index (χ3n) is 5.50. The van der Waals surface area contributed by atoms with Crippen molar-refractivity contribution >= 4 is 17.6 Å². The van der Waals surface area contributed by atoms with Crippen LogP contribution in [0, 0.1) is 5.92 Å². The van der Waals surface area contributed by atoms with Crippen molar-refractivity contribution in [2.75, 3.05) is 11.9 Å². The molecular formula is C19H22F5N3O2. The molecule has 2 heterocycles. The molecule has 2 amide bonds. The lowest BCUT2D eigenvalue weighted by atomic mass is 9.85. The van der Waals surface area contributed by atoms with Crippen LogP contribution in [0.4, 0.5) is 27.8 Å².